The molecular weight excluding hydrogens is 307 g/mol. The van der Waals surface area contributed by atoms with Crippen LogP contribution in [0.5, 0.6) is 0 Å². The van der Waals surface area contributed by atoms with Crippen LogP contribution in [-0.4, -0.2) is 32.2 Å². The third kappa shape index (κ3) is 6.76. The van der Waals surface area contributed by atoms with Crippen molar-refractivity contribution in [3.8, 4) is 0 Å². The molecule has 9 heteroatoms. The van der Waals surface area contributed by atoms with Crippen molar-refractivity contribution in [2.24, 2.45) is 0 Å². The molecule has 2 N–H and O–H groups in total. The van der Waals surface area contributed by atoms with E-state index < -0.39 is 21.9 Å². The second-order valence-corrected chi connectivity index (χ2v) is 6.25. The Morgan fingerprint density at radius 2 is 1.95 bits per heavy atom. The molecule has 1 rings (SSSR count). The Balaban J connectivity index is 2.51. The third-order valence-electron chi connectivity index (χ3n) is 2.59. The molecule has 0 aliphatic heterocycles. The second-order valence-electron chi connectivity index (χ2n) is 4.41. The Bertz CT molecular complexity index is 530. The molecule has 0 atom stereocenters. The van der Waals surface area contributed by atoms with Gasteiger partial charge in [0.15, 0.2) is 0 Å². The first-order valence-corrected chi connectivity index (χ1v) is 8.14. The van der Waals surface area contributed by atoms with Gasteiger partial charge < -0.3 is 5.32 Å². The van der Waals surface area contributed by atoms with Crippen molar-refractivity contribution in [2.45, 2.75) is 25.9 Å². The number of alkyl halides is 3. The van der Waals surface area contributed by atoms with E-state index in [1.54, 1.807) is 0 Å². The van der Waals surface area contributed by atoms with Crippen molar-refractivity contribution in [1.29, 1.82) is 0 Å². The first-order chi connectivity index (χ1) is 9.74. The van der Waals surface area contributed by atoms with Crippen LogP contribution in [0, 0.1) is 0 Å². The van der Waals surface area contributed by atoms with Gasteiger partial charge in [0.1, 0.15) is 5.69 Å². The van der Waals surface area contributed by atoms with Crippen LogP contribution in [0.1, 0.15) is 25.5 Å². The SMILES string of the molecule is CCNCCCCS(=O)(=O)Nc1ccc(C(F)(F)F)nc1. The lowest BCUT2D eigenvalue weighted by atomic mass is 10.3. The van der Waals surface area contributed by atoms with E-state index in [0.717, 1.165) is 31.4 Å². The Morgan fingerprint density at radius 3 is 2.48 bits per heavy atom. The lowest BCUT2D eigenvalue weighted by Gasteiger charge is -2.09. The first kappa shape index (κ1) is 17.7. The van der Waals surface area contributed by atoms with Crippen molar-refractivity contribution in [3.63, 3.8) is 0 Å². The molecule has 0 spiro atoms. The van der Waals surface area contributed by atoms with E-state index in [0.29, 0.717) is 12.8 Å². The predicted octanol–water partition coefficient (Wildman–Crippen LogP) is 2.23. The zero-order valence-corrected chi connectivity index (χ0v) is 12.4. The van der Waals surface area contributed by atoms with Crippen LogP contribution in [0.25, 0.3) is 0 Å². The van der Waals surface area contributed by atoms with E-state index in [1.807, 2.05) is 6.92 Å². The lowest BCUT2D eigenvalue weighted by molar-refractivity contribution is -0.141. The summed E-state index contributed by atoms with van der Waals surface area (Å²) < 4.78 is 62.6. The van der Waals surface area contributed by atoms with Crippen LogP contribution >= 0.6 is 0 Å². The van der Waals surface area contributed by atoms with Crippen LogP contribution in [0.3, 0.4) is 0 Å². The van der Waals surface area contributed by atoms with Crippen LogP contribution in [0.4, 0.5) is 18.9 Å². The summed E-state index contributed by atoms with van der Waals surface area (Å²) >= 11 is 0. The van der Waals surface area contributed by atoms with Gasteiger partial charge in [0.2, 0.25) is 10.0 Å². The summed E-state index contributed by atoms with van der Waals surface area (Å²) in [6.07, 6.45) is -2.50. The molecule has 0 saturated carbocycles. The third-order valence-corrected chi connectivity index (χ3v) is 3.97. The smallest absolute Gasteiger partial charge is 0.317 e. The highest BCUT2D eigenvalue weighted by Gasteiger charge is 2.32. The van der Waals surface area contributed by atoms with Crippen LogP contribution < -0.4 is 10.0 Å². The fraction of sp³-hybridized carbons (Fsp3) is 0.583. The quantitative estimate of drug-likeness (QED) is 0.719. The van der Waals surface area contributed by atoms with Gasteiger partial charge >= 0.3 is 6.18 Å². The highest BCUT2D eigenvalue weighted by Crippen LogP contribution is 2.27. The van der Waals surface area contributed by atoms with Gasteiger partial charge in [-0.3, -0.25) is 4.72 Å². The summed E-state index contributed by atoms with van der Waals surface area (Å²) in [4.78, 5) is 3.19. The van der Waals surface area contributed by atoms with Gasteiger partial charge in [-0.15, -0.1) is 0 Å². The van der Waals surface area contributed by atoms with Gasteiger partial charge in [-0.1, -0.05) is 6.92 Å². The normalized spacial score (nSPS) is 12.4. The van der Waals surface area contributed by atoms with E-state index in [1.165, 1.54) is 0 Å². The fourth-order valence-corrected chi connectivity index (χ4v) is 2.74. The number of rotatable bonds is 8. The maximum absolute atomic E-state index is 12.3. The van der Waals surface area contributed by atoms with E-state index in [-0.39, 0.29) is 11.4 Å². The van der Waals surface area contributed by atoms with Gasteiger partial charge in [0.25, 0.3) is 0 Å². The number of aromatic nitrogens is 1. The van der Waals surface area contributed by atoms with E-state index >= 15 is 0 Å². The first-order valence-electron chi connectivity index (χ1n) is 6.49. The highest BCUT2D eigenvalue weighted by molar-refractivity contribution is 7.92. The zero-order valence-electron chi connectivity index (χ0n) is 11.6. The van der Waals surface area contributed by atoms with Crippen LogP contribution in [-0.2, 0) is 16.2 Å². The lowest BCUT2D eigenvalue weighted by Crippen LogP contribution is -2.19. The molecule has 0 amide bonds. The van der Waals surface area contributed by atoms with E-state index in [4.69, 9.17) is 0 Å². The molecule has 0 saturated heterocycles. The van der Waals surface area contributed by atoms with Crippen molar-refractivity contribution in [1.82, 2.24) is 10.3 Å². The molecule has 5 nitrogen and oxygen atoms in total. The van der Waals surface area contributed by atoms with E-state index in [9.17, 15) is 21.6 Å². The summed E-state index contributed by atoms with van der Waals surface area (Å²) in [5, 5.41) is 3.07. The number of hydrogen-bond donors (Lipinski definition) is 2. The van der Waals surface area contributed by atoms with Crippen molar-refractivity contribution < 1.29 is 21.6 Å². The summed E-state index contributed by atoms with van der Waals surface area (Å²) in [6.45, 7) is 3.51. The number of pyridine rings is 1. The maximum atomic E-state index is 12.3. The minimum Gasteiger partial charge on any atom is -0.317 e. The number of sulfonamides is 1. The molecule has 21 heavy (non-hydrogen) atoms. The van der Waals surface area contributed by atoms with Crippen molar-refractivity contribution >= 4 is 15.7 Å². The van der Waals surface area contributed by atoms with Gasteiger partial charge in [0.05, 0.1) is 17.6 Å². The number of unbranched alkanes of at least 4 members (excludes halogenated alkanes) is 1. The maximum Gasteiger partial charge on any atom is 0.433 e. The predicted molar refractivity (Wildman–Crippen MR) is 74.4 cm³/mol. The van der Waals surface area contributed by atoms with Crippen LogP contribution in [0.15, 0.2) is 18.3 Å². The average molecular weight is 325 g/mol. The molecule has 120 valence electrons. The molecule has 1 heterocycles. The van der Waals surface area contributed by atoms with Gasteiger partial charge in [-0.25, -0.2) is 13.4 Å². The molecule has 0 bridgehead atoms. The minimum atomic E-state index is -4.54. The van der Waals surface area contributed by atoms with Crippen LogP contribution in [0.2, 0.25) is 0 Å². The summed E-state index contributed by atoms with van der Waals surface area (Å²) in [7, 11) is -3.57. The summed E-state index contributed by atoms with van der Waals surface area (Å²) in [5.41, 5.74) is -1.04. The Kier molecular flexibility index (Phi) is 6.41. The number of halogens is 3. The second kappa shape index (κ2) is 7.60. The summed E-state index contributed by atoms with van der Waals surface area (Å²) in [6, 6.07) is 1.79. The molecule has 0 aromatic carbocycles. The number of anilines is 1. The molecule has 0 aliphatic rings. The monoisotopic (exact) mass is 325 g/mol. The number of nitrogens with one attached hydrogen (secondary N) is 2. The average Bonchev–Trinajstić information content (AvgIpc) is 2.37. The minimum absolute atomic E-state index is 0.0229. The van der Waals surface area contributed by atoms with E-state index in [2.05, 4.69) is 15.0 Å². The highest BCUT2D eigenvalue weighted by atomic mass is 32.2. The summed E-state index contributed by atoms with van der Waals surface area (Å²) in [5.74, 6) is -0.0839. The zero-order chi connectivity index (χ0) is 15.9. The van der Waals surface area contributed by atoms with Crippen molar-refractivity contribution in [2.75, 3.05) is 23.6 Å². The molecule has 1 aromatic rings. The molecule has 0 radical (unpaired) electrons. The molecule has 0 aliphatic carbocycles. The fourth-order valence-electron chi connectivity index (χ4n) is 1.57. The standard InChI is InChI=1S/C12H18F3N3O2S/c1-2-16-7-3-4-8-21(19,20)18-10-5-6-11(17-9-10)12(13,14)15/h5-6,9,16,18H,2-4,7-8H2,1H3. The topological polar surface area (TPSA) is 71.1 Å². The van der Waals surface area contributed by atoms with Crippen molar-refractivity contribution in [3.05, 3.63) is 24.0 Å². The van der Waals surface area contributed by atoms with Gasteiger partial charge in [-0.2, -0.15) is 13.2 Å². The van der Waals surface area contributed by atoms with Gasteiger partial charge in [-0.05, 0) is 38.1 Å². The molecule has 0 unspecified atom stereocenters. The van der Waals surface area contributed by atoms with Gasteiger partial charge in [0, 0.05) is 0 Å². The molecular formula is C12H18F3N3O2S. The Labute approximate surface area is 122 Å². The Morgan fingerprint density at radius 1 is 1.24 bits per heavy atom. The Hall–Kier alpha value is -1.35. The molecule has 0 fully saturated rings. The number of nitrogens with zero attached hydrogens (tertiary/aromatic N) is 1. The number of hydrogen-bond acceptors (Lipinski definition) is 4. The largest absolute Gasteiger partial charge is 0.433 e. The molecule has 1 aromatic heterocycles.